The van der Waals surface area contributed by atoms with E-state index in [1.54, 1.807) is 20.8 Å². The van der Waals surface area contributed by atoms with Crippen LogP contribution in [0.25, 0.3) is 0 Å². The van der Waals surface area contributed by atoms with E-state index in [0.717, 1.165) is 0 Å². The van der Waals surface area contributed by atoms with Gasteiger partial charge in [0.1, 0.15) is 0 Å². The Morgan fingerprint density at radius 2 is 1.71 bits per heavy atom. The van der Waals surface area contributed by atoms with Gasteiger partial charge in [-0.15, -0.1) is 0 Å². The number of anilines is 1. The van der Waals surface area contributed by atoms with Crippen LogP contribution in [0.4, 0.5) is 5.69 Å². The van der Waals surface area contributed by atoms with Crippen molar-refractivity contribution in [3.8, 4) is 0 Å². The molecule has 1 aliphatic rings. The standard InChI is InChI=1S/C16H21NO6S/c1-15(2)12(13(18)19)8-9-16(15,3)14(20)17-10-4-6-11(7-5-10)24(21,22)23/h4-7,12H,8-9H2,1-3H3,(H,17,20)(H,18,19)(H,21,22,23)/t12-,16+/m0/s1. The summed E-state index contributed by atoms with van der Waals surface area (Å²) in [5.41, 5.74) is -1.21. The van der Waals surface area contributed by atoms with Crippen molar-refractivity contribution in [1.29, 1.82) is 0 Å². The molecule has 3 N–H and O–H groups in total. The van der Waals surface area contributed by atoms with E-state index in [2.05, 4.69) is 5.32 Å². The van der Waals surface area contributed by atoms with Crippen molar-refractivity contribution in [3.05, 3.63) is 24.3 Å². The quantitative estimate of drug-likeness (QED) is 0.713. The lowest BCUT2D eigenvalue weighted by Crippen LogP contribution is -2.45. The summed E-state index contributed by atoms with van der Waals surface area (Å²) in [4.78, 5) is 23.9. The molecule has 0 heterocycles. The van der Waals surface area contributed by atoms with Crippen LogP contribution in [0, 0.1) is 16.7 Å². The van der Waals surface area contributed by atoms with Gasteiger partial charge in [0.2, 0.25) is 5.91 Å². The van der Waals surface area contributed by atoms with Crippen molar-refractivity contribution >= 4 is 27.7 Å². The van der Waals surface area contributed by atoms with Gasteiger partial charge < -0.3 is 10.4 Å². The number of hydrogen-bond acceptors (Lipinski definition) is 4. The van der Waals surface area contributed by atoms with E-state index in [9.17, 15) is 23.1 Å². The van der Waals surface area contributed by atoms with E-state index < -0.39 is 32.8 Å². The average molecular weight is 355 g/mol. The van der Waals surface area contributed by atoms with Crippen LogP contribution in [-0.4, -0.2) is 30.0 Å². The van der Waals surface area contributed by atoms with E-state index in [0.29, 0.717) is 18.5 Å². The molecule has 24 heavy (non-hydrogen) atoms. The summed E-state index contributed by atoms with van der Waals surface area (Å²) in [5, 5.41) is 12.1. The third kappa shape index (κ3) is 3.03. The Morgan fingerprint density at radius 3 is 2.12 bits per heavy atom. The molecule has 0 saturated heterocycles. The largest absolute Gasteiger partial charge is 0.481 e. The number of carboxylic acids is 1. The zero-order valence-electron chi connectivity index (χ0n) is 13.7. The highest BCUT2D eigenvalue weighted by Gasteiger charge is 2.58. The number of carboxylic acid groups (broad SMARTS) is 1. The van der Waals surface area contributed by atoms with E-state index in [-0.39, 0.29) is 10.8 Å². The molecule has 0 spiro atoms. The van der Waals surface area contributed by atoms with Crippen LogP contribution in [0.15, 0.2) is 29.2 Å². The summed E-state index contributed by atoms with van der Waals surface area (Å²) in [7, 11) is -4.29. The molecule has 1 saturated carbocycles. The molecular formula is C16H21NO6S. The van der Waals surface area contributed by atoms with Gasteiger partial charge in [0, 0.05) is 5.69 Å². The van der Waals surface area contributed by atoms with E-state index >= 15 is 0 Å². The van der Waals surface area contributed by atoms with Gasteiger partial charge in [-0.1, -0.05) is 20.8 Å². The topological polar surface area (TPSA) is 121 Å². The first-order chi connectivity index (χ1) is 10.9. The van der Waals surface area contributed by atoms with Crippen LogP contribution in [-0.2, 0) is 19.7 Å². The van der Waals surface area contributed by atoms with Gasteiger partial charge in [-0.05, 0) is 42.5 Å². The summed E-state index contributed by atoms with van der Waals surface area (Å²) in [6.45, 7) is 5.30. The first kappa shape index (κ1) is 18.4. The zero-order valence-corrected chi connectivity index (χ0v) is 14.6. The minimum Gasteiger partial charge on any atom is -0.481 e. The molecule has 2 rings (SSSR count). The second kappa shape index (κ2) is 5.86. The number of benzene rings is 1. The number of nitrogens with one attached hydrogen (secondary N) is 1. The van der Waals surface area contributed by atoms with Crippen molar-refractivity contribution in [2.75, 3.05) is 5.32 Å². The molecule has 2 atom stereocenters. The third-order valence-electron chi connectivity index (χ3n) is 5.44. The summed E-state index contributed by atoms with van der Waals surface area (Å²) in [6.07, 6.45) is 0.875. The number of carbonyl (C=O) groups is 2. The monoisotopic (exact) mass is 355 g/mol. The highest BCUT2D eigenvalue weighted by Crippen LogP contribution is 2.56. The number of rotatable bonds is 4. The number of hydrogen-bond donors (Lipinski definition) is 3. The molecule has 0 aliphatic heterocycles. The van der Waals surface area contributed by atoms with Gasteiger partial charge >= 0.3 is 5.97 Å². The van der Waals surface area contributed by atoms with E-state index in [1.165, 1.54) is 24.3 Å². The maximum Gasteiger partial charge on any atom is 0.307 e. The van der Waals surface area contributed by atoms with Gasteiger partial charge in [0.25, 0.3) is 10.1 Å². The Hall–Kier alpha value is -1.93. The molecule has 1 aromatic rings. The number of carbonyl (C=O) groups excluding carboxylic acids is 1. The lowest BCUT2D eigenvalue weighted by Gasteiger charge is -2.39. The van der Waals surface area contributed by atoms with Gasteiger partial charge in [0.15, 0.2) is 0 Å². The fraction of sp³-hybridized carbons (Fsp3) is 0.500. The van der Waals surface area contributed by atoms with Crippen LogP contribution >= 0.6 is 0 Å². The Labute approximate surface area is 140 Å². The van der Waals surface area contributed by atoms with Crippen LogP contribution in [0.2, 0.25) is 0 Å². The average Bonchev–Trinajstić information content (AvgIpc) is 2.70. The smallest absolute Gasteiger partial charge is 0.307 e. The van der Waals surface area contributed by atoms with Crippen molar-refractivity contribution in [1.82, 2.24) is 0 Å². The Balaban J connectivity index is 2.22. The second-order valence-corrected chi connectivity index (χ2v) is 8.36. The summed E-state index contributed by atoms with van der Waals surface area (Å²) in [5.74, 6) is -1.82. The Morgan fingerprint density at radius 1 is 1.17 bits per heavy atom. The molecule has 7 nitrogen and oxygen atoms in total. The van der Waals surface area contributed by atoms with Gasteiger partial charge in [-0.2, -0.15) is 8.42 Å². The summed E-state index contributed by atoms with van der Waals surface area (Å²) in [6, 6.07) is 5.13. The van der Waals surface area contributed by atoms with E-state index in [1.807, 2.05) is 0 Å². The zero-order chi connectivity index (χ0) is 18.3. The van der Waals surface area contributed by atoms with E-state index in [4.69, 9.17) is 4.55 Å². The molecule has 0 radical (unpaired) electrons. The SMILES string of the molecule is CC1(C)[C@H](C(=O)O)CC[C@]1(C)C(=O)Nc1ccc(S(=O)(=O)O)cc1. The Kier molecular flexibility index (Phi) is 4.49. The molecule has 1 aliphatic carbocycles. The first-order valence-electron chi connectivity index (χ1n) is 7.51. The van der Waals surface area contributed by atoms with Gasteiger partial charge in [-0.3, -0.25) is 14.1 Å². The molecule has 132 valence electrons. The van der Waals surface area contributed by atoms with Gasteiger partial charge in [0.05, 0.1) is 16.2 Å². The predicted molar refractivity (Wildman–Crippen MR) is 87.1 cm³/mol. The highest BCUT2D eigenvalue weighted by atomic mass is 32.2. The molecule has 8 heteroatoms. The van der Waals surface area contributed by atoms with Crippen LogP contribution in [0.3, 0.4) is 0 Å². The molecule has 1 fully saturated rings. The van der Waals surface area contributed by atoms with Crippen molar-refractivity contribution in [2.24, 2.45) is 16.7 Å². The van der Waals surface area contributed by atoms with Crippen LogP contribution in [0.1, 0.15) is 33.6 Å². The molecule has 1 aromatic carbocycles. The molecule has 0 aromatic heterocycles. The first-order valence-corrected chi connectivity index (χ1v) is 8.95. The molecular weight excluding hydrogens is 334 g/mol. The molecule has 0 bridgehead atoms. The maximum atomic E-state index is 12.7. The minimum atomic E-state index is -4.29. The van der Waals surface area contributed by atoms with Gasteiger partial charge in [-0.25, -0.2) is 0 Å². The fourth-order valence-electron chi connectivity index (χ4n) is 3.32. The summed E-state index contributed by atoms with van der Waals surface area (Å²) < 4.78 is 31.0. The number of amides is 1. The second-order valence-electron chi connectivity index (χ2n) is 6.94. The van der Waals surface area contributed by atoms with Crippen molar-refractivity contribution < 1.29 is 27.7 Å². The fourth-order valence-corrected chi connectivity index (χ4v) is 3.80. The molecule has 0 unspecified atom stereocenters. The van der Waals surface area contributed by atoms with Crippen molar-refractivity contribution in [2.45, 2.75) is 38.5 Å². The minimum absolute atomic E-state index is 0.265. The normalized spacial score (nSPS) is 26.1. The van der Waals surface area contributed by atoms with Crippen molar-refractivity contribution in [3.63, 3.8) is 0 Å². The third-order valence-corrected chi connectivity index (χ3v) is 6.30. The lowest BCUT2D eigenvalue weighted by atomic mass is 9.65. The highest BCUT2D eigenvalue weighted by molar-refractivity contribution is 7.85. The lowest BCUT2D eigenvalue weighted by molar-refractivity contribution is -0.147. The number of aliphatic carboxylic acids is 1. The predicted octanol–water partition coefficient (Wildman–Crippen LogP) is 2.40. The molecule has 1 amide bonds. The Bertz CT molecular complexity index is 768. The summed E-state index contributed by atoms with van der Waals surface area (Å²) >= 11 is 0. The maximum absolute atomic E-state index is 12.7. The van der Waals surface area contributed by atoms with Crippen LogP contribution in [0.5, 0.6) is 0 Å². The van der Waals surface area contributed by atoms with Crippen LogP contribution < -0.4 is 5.32 Å².